The maximum atomic E-state index is 11.4. The molecule has 0 aliphatic carbocycles. The lowest BCUT2D eigenvalue weighted by Gasteiger charge is -2.19. The van der Waals surface area contributed by atoms with Crippen LogP contribution in [0.2, 0.25) is 0 Å². The number of hydrogen-bond acceptors (Lipinski definition) is 6. The molecule has 0 spiro atoms. The highest BCUT2D eigenvalue weighted by molar-refractivity contribution is 7.91. The molecule has 9 heteroatoms. The van der Waals surface area contributed by atoms with Crippen molar-refractivity contribution in [2.75, 3.05) is 4.72 Å². The minimum atomic E-state index is -4.00. The number of carbonyl (C=O) groups excluding carboxylic acids is 1. The highest BCUT2D eigenvalue weighted by atomic mass is 32.2. The Morgan fingerprint density at radius 2 is 2.12 bits per heavy atom. The first kappa shape index (κ1) is 13.7. The number of ether oxygens (including phenoxy) is 1. The van der Waals surface area contributed by atoms with Crippen LogP contribution in [0.1, 0.15) is 20.8 Å². The summed E-state index contributed by atoms with van der Waals surface area (Å²) in [5.41, 5.74) is -0.763. The highest BCUT2D eigenvalue weighted by Crippen LogP contribution is 2.12. The van der Waals surface area contributed by atoms with Crippen LogP contribution in [0.3, 0.4) is 0 Å². The molecule has 0 atom stereocenters. The molecule has 1 rings (SSSR count). The third kappa shape index (κ3) is 5.50. The molecule has 7 nitrogen and oxygen atoms in total. The van der Waals surface area contributed by atoms with E-state index < -0.39 is 21.9 Å². The van der Waals surface area contributed by atoms with E-state index in [0.29, 0.717) is 0 Å². The minimum Gasteiger partial charge on any atom is -0.443 e. The standard InChI is InChI=1S/C8H13N3O4S2/c1-8(2,3)15-7(12)11-17(13,14)10-6-9-4-5-16-6/h4-5H,1-3H3,(H,9,10)(H,11,12). The van der Waals surface area contributed by atoms with Crippen LogP contribution in [0.5, 0.6) is 0 Å². The van der Waals surface area contributed by atoms with Gasteiger partial charge in [0.2, 0.25) is 0 Å². The third-order valence-electron chi connectivity index (χ3n) is 1.27. The topological polar surface area (TPSA) is 97.4 Å². The van der Waals surface area contributed by atoms with Gasteiger partial charge >= 0.3 is 16.3 Å². The summed E-state index contributed by atoms with van der Waals surface area (Å²) in [5.74, 6) is 0. The van der Waals surface area contributed by atoms with E-state index >= 15 is 0 Å². The third-order valence-corrected chi connectivity index (χ3v) is 2.99. The number of aromatic nitrogens is 1. The van der Waals surface area contributed by atoms with Gasteiger partial charge in [-0.1, -0.05) is 0 Å². The molecule has 96 valence electrons. The van der Waals surface area contributed by atoms with Gasteiger partial charge in [-0.25, -0.2) is 19.2 Å². The van der Waals surface area contributed by atoms with Crippen LogP contribution >= 0.6 is 11.3 Å². The number of amides is 1. The molecular weight excluding hydrogens is 266 g/mol. The monoisotopic (exact) mass is 279 g/mol. The predicted molar refractivity (Wildman–Crippen MR) is 64.0 cm³/mol. The zero-order valence-electron chi connectivity index (χ0n) is 9.55. The first-order chi connectivity index (χ1) is 7.68. The van der Waals surface area contributed by atoms with E-state index in [0.717, 1.165) is 11.3 Å². The predicted octanol–water partition coefficient (Wildman–Crippen LogP) is 1.32. The van der Waals surface area contributed by atoms with Gasteiger partial charge in [-0.2, -0.15) is 8.42 Å². The smallest absolute Gasteiger partial charge is 0.422 e. The molecule has 0 fully saturated rings. The lowest BCUT2D eigenvalue weighted by Crippen LogP contribution is -2.39. The summed E-state index contributed by atoms with van der Waals surface area (Å²) in [7, 11) is -4.00. The summed E-state index contributed by atoms with van der Waals surface area (Å²) in [5, 5.41) is 1.77. The molecule has 0 saturated carbocycles. The normalized spacial score (nSPS) is 11.9. The largest absolute Gasteiger partial charge is 0.443 e. The van der Waals surface area contributed by atoms with Gasteiger partial charge in [-0.05, 0) is 20.8 Å². The van der Waals surface area contributed by atoms with Gasteiger partial charge in [0.05, 0.1) is 0 Å². The molecule has 0 aliphatic heterocycles. The number of rotatable bonds is 3. The van der Waals surface area contributed by atoms with Gasteiger partial charge in [0.25, 0.3) is 0 Å². The van der Waals surface area contributed by atoms with Gasteiger partial charge in [0.1, 0.15) is 5.60 Å². The fourth-order valence-corrected chi connectivity index (χ4v) is 2.31. The fraction of sp³-hybridized carbons (Fsp3) is 0.500. The Bertz CT molecular complexity index is 475. The van der Waals surface area contributed by atoms with Crippen molar-refractivity contribution in [2.24, 2.45) is 0 Å². The molecule has 17 heavy (non-hydrogen) atoms. The molecule has 2 N–H and O–H groups in total. The van der Waals surface area contributed by atoms with Gasteiger partial charge in [0, 0.05) is 11.6 Å². The second-order valence-electron chi connectivity index (χ2n) is 4.05. The average Bonchev–Trinajstić information content (AvgIpc) is 2.49. The van der Waals surface area contributed by atoms with Crippen molar-refractivity contribution < 1.29 is 17.9 Å². The van der Waals surface area contributed by atoms with E-state index in [2.05, 4.69) is 9.71 Å². The van der Waals surface area contributed by atoms with Crippen LogP contribution in [0.15, 0.2) is 11.6 Å². The molecule has 1 aromatic heterocycles. The Morgan fingerprint density at radius 3 is 2.59 bits per heavy atom. The van der Waals surface area contributed by atoms with E-state index in [1.54, 1.807) is 30.9 Å². The number of anilines is 1. The molecule has 1 aromatic rings. The van der Waals surface area contributed by atoms with E-state index in [-0.39, 0.29) is 5.13 Å². The quantitative estimate of drug-likeness (QED) is 0.869. The van der Waals surface area contributed by atoms with Crippen molar-refractivity contribution in [3.05, 3.63) is 11.6 Å². The summed E-state index contributed by atoms with van der Waals surface area (Å²) < 4.78 is 31.5. The summed E-state index contributed by atoms with van der Waals surface area (Å²) in [4.78, 5) is 15.0. The van der Waals surface area contributed by atoms with Crippen molar-refractivity contribution in [1.82, 2.24) is 9.71 Å². The molecule has 0 bridgehead atoms. The summed E-state index contributed by atoms with van der Waals surface area (Å²) >= 11 is 1.10. The summed E-state index contributed by atoms with van der Waals surface area (Å²) in [6.45, 7) is 4.90. The minimum absolute atomic E-state index is 0.168. The van der Waals surface area contributed by atoms with E-state index in [1.165, 1.54) is 6.20 Å². The number of hydrogen-bond donors (Lipinski definition) is 2. The van der Waals surface area contributed by atoms with Crippen molar-refractivity contribution in [3.63, 3.8) is 0 Å². The number of thiazole rings is 1. The Labute approximate surface area is 103 Å². The first-order valence-electron chi connectivity index (χ1n) is 4.61. The molecule has 0 unspecified atom stereocenters. The van der Waals surface area contributed by atoms with Gasteiger partial charge in [0.15, 0.2) is 5.13 Å². The lowest BCUT2D eigenvalue weighted by atomic mass is 10.2. The van der Waals surface area contributed by atoms with E-state index in [4.69, 9.17) is 4.74 Å². The van der Waals surface area contributed by atoms with Crippen molar-refractivity contribution in [1.29, 1.82) is 0 Å². The van der Waals surface area contributed by atoms with Gasteiger partial charge in [-0.3, -0.25) is 0 Å². The molecule has 0 radical (unpaired) electrons. The van der Waals surface area contributed by atoms with E-state index in [9.17, 15) is 13.2 Å². The van der Waals surface area contributed by atoms with Crippen LogP contribution in [0.25, 0.3) is 0 Å². The van der Waals surface area contributed by atoms with Crippen molar-refractivity contribution >= 4 is 32.8 Å². The fourth-order valence-electron chi connectivity index (χ4n) is 0.823. The first-order valence-corrected chi connectivity index (χ1v) is 6.97. The van der Waals surface area contributed by atoms with E-state index in [1.807, 2.05) is 0 Å². The molecule has 1 amide bonds. The molecular formula is C8H13N3O4S2. The molecule has 0 aromatic carbocycles. The lowest BCUT2D eigenvalue weighted by molar-refractivity contribution is 0.0570. The number of nitrogens with zero attached hydrogens (tertiary/aromatic N) is 1. The van der Waals surface area contributed by atoms with Crippen LogP contribution < -0.4 is 9.44 Å². The van der Waals surface area contributed by atoms with Crippen molar-refractivity contribution in [3.8, 4) is 0 Å². The second kappa shape index (κ2) is 4.88. The van der Waals surface area contributed by atoms with Crippen LogP contribution in [0.4, 0.5) is 9.93 Å². The van der Waals surface area contributed by atoms with Gasteiger partial charge in [-0.15, -0.1) is 11.3 Å². The second-order valence-corrected chi connectivity index (χ2v) is 6.36. The van der Waals surface area contributed by atoms with Gasteiger partial charge < -0.3 is 4.74 Å². The summed E-state index contributed by atoms with van der Waals surface area (Å²) in [6.07, 6.45) is 0.400. The Kier molecular flexibility index (Phi) is 3.94. The number of carbonyl (C=O) groups is 1. The SMILES string of the molecule is CC(C)(C)OC(=O)NS(=O)(=O)Nc1nccs1. The average molecular weight is 279 g/mol. The maximum absolute atomic E-state index is 11.4. The maximum Gasteiger partial charge on any atom is 0.422 e. The Balaban J connectivity index is 2.58. The molecule has 0 saturated heterocycles. The zero-order chi connectivity index (χ0) is 13.1. The van der Waals surface area contributed by atoms with Crippen LogP contribution in [0, 0.1) is 0 Å². The molecule has 0 aliphatic rings. The Morgan fingerprint density at radius 1 is 1.47 bits per heavy atom. The zero-order valence-corrected chi connectivity index (χ0v) is 11.2. The van der Waals surface area contributed by atoms with Crippen LogP contribution in [-0.2, 0) is 14.9 Å². The summed E-state index contributed by atoms with van der Waals surface area (Å²) in [6, 6.07) is 0. The van der Waals surface area contributed by atoms with Crippen LogP contribution in [-0.4, -0.2) is 25.1 Å². The highest BCUT2D eigenvalue weighted by Gasteiger charge is 2.21. The Hall–Kier alpha value is -1.35. The number of nitrogens with one attached hydrogen (secondary N) is 2. The molecule has 1 heterocycles. The van der Waals surface area contributed by atoms with Crippen molar-refractivity contribution in [2.45, 2.75) is 26.4 Å².